The maximum absolute atomic E-state index is 12.9. The first kappa shape index (κ1) is 12.8. The van der Waals surface area contributed by atoms with E-state index in [9.17, 15) is 13.6 Å². The SMILES string of the molecule is O=C(Nc1cc(-c2cnco2)cc(C(F)F)c1)C1CC1. The van der Waals surface area contributed by atoms with Crippen LogP contribution in [0.4, 0.5) is 14.5 Å². The molecule has 0 unspecified atom stereocenters. The molecule has 1 aliphatic carbocycles. The number of aromatic nitrogens is 1. The lowest BCUT2D eigenvalue weighted by atomic mass is 10.1. The lowest BCUT2D eigenvalue weighted by Gasteiger charge is -2.09. The maximum Gasteiger partial charge on any atom is 0.263 e. The van der Waals surface area contributed by atoms with Gasteiger partial charge in [0.2, 0.25) is 5.91 Å². The molecule has 1 amide bonds. The number of rotatable bonds is 4. The topological polar surface area (TPSA) is 55.1 Å². The van der Waals surface area contributed by atoms with Crippen LogP contribution in [0, 0.1) is 5.92 Å². The summed E-state index contributed by atoms with van der Waals surface area (Å²) in [5.74, 6) is 0.272. The first-order valence-corrected chi connectivity index (χ1v) is 6.26. The molecule has 1 aromatic carbocycles. The fourth-order valence-corrected chi connectivity index (χ4v) is 1.94. The van der Waals surface area contributed by atoms with Crippen LogP contribution in [0.3, 0.4) is 0 Å². The third-order valence-corrected chi connectivity index (χ3v) is 3.14. The van der Waals surface area contributed by atoms with E-state index in [0.29, 0.717) is 17.0 Å². The van der Waals surface area contributed by atoms with Gasteiger partial charge in [0.1, 0.15) is 0 Å². The van der Waals surface area contributed by atoms with Crippen molar-refractivity contribution in [2.45, 2.75) is 19.3 Å². The average Bonchev–Trinajstić information content (AvgIpc) is 3.13. The third kappa shape index (κ3) is 2.68. The summed E-state index contributed by atoms with van der Waals surface area (Å²) in [6.45, 7) is 0. The number of nitrogens with zero attached hydrogens (tertiary/aromatic N) is 1. The van der Waals surface area contributed by atoms with Crippen molar-refractivity contribution < 1.29 is 18.0 Å². The number of hydrogen-bond donors (Lipinski definition) is 1. The molecule has 0 aliphatic heterocycles. The number of nitrogens with one attached hydrogen (secondary N) is 1. The van der Waals surface area contributed by atoms with Crippen molar-refractivity contribution in [2.75, 3.05) is 5.32 Å². The van der Waals surface area contributed by atoms with E-state index >= 15 is 0 Å². The quantitative estimate of drug-likeness (QED) is 0.929. The fraction of sp³-hybridized carbons (Fsp3) is 0.286. The normalized spacial score (nSPS) is 14.6. The molecular weight excluding hydrogens is 266 g/mol. The van der Waals surface area contributed by atoms with Gasteiger partial charge in [-0.15, -0.1) is 0 Å². The van der Waals surface area contributed by atoms with Gasteiger partial charge in [-0.25, -0.2) is 13.8 Å². The number of benzene rings is 1. The molecule has 3 rings (SSSR count). The van der Waals surface area contributed by atoms with E-state index in [-0.39, 0.29) is 17.4 Å². The fourth-order valence-electron chi connectivity index (χ4n) is 1.94. The second-order valence-electron chi connectivity index (χ2n) is 4.77. The lowest BCUT2D eigenvalue weighted by molar-refractivity contribution is -0.117. The Kier molecular flexibility index (Phi) is 3.22. The molecule has 1 aromatic heterocycles. The van der Waals surface area contributed by atoms with Gasteiger partial charge >= 0.3 is 0 Å². The molecule has 0 radical (unpaired) electrons. The number of oxazole rings is 1. The molecule has 0 atom stereocenters. The van der Waals surface area contributed by atoms with E-state index in [1.807, 2.05) is 0 Å². The largest absolute Gasteiger partial charge is 0.444 e. The highest BCUT2D eigenvalue weighted by Crippen LogP contribution is 2.33. The highest BCUT2D eigenvalue weighted by atomic mass is 19.3. The van der Waals surface area contributed by atoms with Crippen LogP contribution in [-0.4, -0.2) is 10.9 Å². The zero-order valence-electron chi connectivity index (χ0n) is 10.5. The first-order valence-electron chi connectivity index (χ1n) is 6.26. The Morgan fingerprint density at radius 3 is 2.75 bits per heavy atom. The van der Waals surface area contributed by atoms with Crippen LogP contribution in [0.15, 0.2) is 35.2 Å². The van der Waals surface area contributed by atoms with Crippen molar-refractivity contribution in [3.05, 3.63) is 36.4 Å². The molecule has 0 saturated heterocycles. The zero-order valence-corrected chi connectivity index (χ0v) is 10.5. The van der Waals surface area contributed by atoms with Gasteiger partial charge in [0.25, 0.3) is 6.43 Å². The number of hydrogen-bond acceptors (Lipinski definition) is 3. The summed E-state index contributed by atoms with van der Waals surface area (Å²) >= 11 is 0. The minimum Gasteiger partial charge on any atom is -0.444 e. The predicted molar refractivity (Wildman–Crippen MR) is 68.2 cm³/mol. The van der Waals surface area contributed by atoms with E-state index in [0.717, 1.165) is 12.8 Å². The average molecular weight is 278 g/mol. The van der Waals surface area contributed by atoms with Gasteiger partial charge in [-0.1, -0.05) is 0 Å². The highest BCUT2D eigenvalue weighted by molar-refractivity contribution is 5.94. The Morgan fingerprint density at radius 2 is 2.15 bits per heavy atom. The van der Waals surface area contributed by atoms with Crippen LogP contribution >= 0.6 is 0 Å². The van der Waals surface area contributed by atoms with Crippen molar-refractivity contribution in [3.63, 3.8) is 0 Å². The molecule has 0 bridgehead atoms. The second kappa shape index (κ2) is 5.03. The second-order valence-corrected chi connectivity index (χ2v) is 4.77. The van der Waals surface area contributed by atoms with Gasteiger partial charge in [-0.05, 0) is 31.0 Å². The van der Waals surface area contributed by atoms with E-state index < -0.39 is 6.43 Å². The van der Waals surface area contributed by atoms with Gasteiger partial charge in [-0.2, -0.15) is 0 Å². The molecule has 1 aliphatic rings. The summed E-state index contributed by atoms with van der Waals surface area (Å²) in [4.78, 5) is 15.5. The van der Waals surface area contributed by atoms with E-state index in [1.165, 1.54) is 24.7 Å². The molecule has 2 aromatic rings. The standard InChI is InChI=1S/C14H12F2N2O2/c15-13(16)10-3-9(12-6-17-7-20-12)4-11(5-10)18-14(19)8-1-2-8/h3-8,13H,1-2H2,(H,18,19). The lowest BCUT2D eigenvalue weighted by Crippen LogP contribution is -2.13. The van der Waals surface area contributed by atoms with E-state index in [2.05, 4.69) is 10.3 Å². The van der Waals surface area contributed by atoms with E-state index in [4.69, 9.17) is 4.42 Å². The molecule has 1 heterocycles. The van der Waals surface area contributed by atoms with Crippen molar-refractivity contribution in [2.24, 2.45) is 5.92 Å². The van der Waals surface area contributed by atoms with Gasteiger partial charge in [0, 0.05) is 22.7 Å². The number of anilines is 1. The first-order chi connectivity index (χ1) is 9.63. The Hall–Kier alpha value is -2.24. The Labute approximate surface area is 113 Å². The van der Waals surface area contributed by atoms with Gasteiger partial charge in [0.15, 0.2) is 12.2 Å². The smallest absolute Gasteiger partial charge is 0.263 e. The molecule has 1 saturated carbocycles. The number of carbonyl (C=O) groups is 1. The summed E-state index contributed by atoms with van der Waals surface area (Å²) < 4.78 is 30.9. The zero-order chi connectivity index (χ0) is 14.1. The summed E-state index contributed by atoms with van der Waals surface area (Å²) in [5.41, 5.74) is 0.655. The maximum atomic E-state index is 12.9. The van der Waals surface area contributed by atoms with Crippen LogP contribution in [0.5, 0.6) is 0 Å². The molecular formula is C14H12F2N2O2. The molecule has 6 heteroatoms. The van der Waals surface area contributed by atoms with Crippen molar-refractivity contribution >= 4 is 11.6 Å². The van der Waals surface area contributed by atoms with Crippen LogP contribution < -0.4 is 5.32 Å². The molecule has 0 spiro atoms. The van der Waals surface area contributed by atoms with Gasteiger partial charge in [0.05, 0.1) is 6.20 Å². The predicted octanol–water partition coefficient (Wildman–Crippen LogP) is 3.63. The summed E-state index contributed by atoms with van der Waals surface area (Å²) in [6.07, 6.45) is 1.77. The van der Waals surface area contributed by atoms with E-state index in [1.54, 1.807) is 6.07 Å². The van der Waals surface area contributed by atoms with Crippen LogP contribution in [-0.2, 0) is 4.79 Å². The molecule has 20 heavy (non-hydrogen) atoms. The molecule has 1 fully saturated rings. The Balaban J connectivity index is 1.93. The molecule has 4 nitrogen and oxygen atoms in total. The van der Waals surface area contributed by atoms with Crippen LogP contribution in [0.25, 0.3) is 11.3 Å². The number of carbonyl (C=O) groups excluding carboxylic acids is 1. The number of amides is 1. The Morgan fingerprint density at radius 1 is 1.35 bits per heavy atom. The Bertz CT molecular complexity index is 622. The van der Waals surface area contributed by atoms with Crippen LogP contribution in [0.1, 0.15) is 24.8 Å². The highest BCUT2D eigenvalue weighted by Gasteiger charge is 2.29. The molecule has 1 N–H and O–H groups in total. The summed E-state index contributed by atoms with van der Waals surface area (Å²) in [6, 6.07) is 4.22. The number of alkyl halides is 2. The summed E-state index contributed by atoms with van der Waals surface area (Å²) in [5, 5.41) is 2.67. The molecule has 104 valence electrons. The van der Waals surface area contributed by atoms with Gasteiger partial charge in [-0.3, -0.25) is 4.79 Å². The van der Waals surface area contributed by atoms with Crippen molar-refractivity contribution in [1.29, 1.82) is 0 Å². The van der Waals surface area contributed by atoms with Crippen molar-refractivity contribution in [1.82, 2.24) is 4.98 Å². The van der Waals surface area contributed by atoms with Gasteiger partial charge < -0.3 is 9.73 Å². The number of halogens is 2. The summed E-state index contributed by atoms with van der Waals surface area (Å²) in [7, 11) is 0. The minimum absolute atomic E-state index is 0.0129. The monoisotopic (exact) mass is 278 g/mol. The van der Waals surface area contributed by atoms with Crippen molar-refractivity contribution in [3.8, 4) is 11.3 Å². The van der Waals surface area contributed by atoms with Crippen LogP contribution in [0.2, 0.25) is 0 Å². The minimum atomic E-state index is -2.62. The third-order valence-electron chi connectivity index (χ3n) is 3.14.